The average Bonchev–Trinajstić information content (AvgIpc) is 2.55. The number of Topliss-reactive ketones (excluding diaryl/α,β-unsaturated/α-hetero) is 1. The van der Waals surface area contributed by atoms with E-state index in [0.717, 1.165) is 6.42 Å². The maximum atomic E-state index is 11.5. The van der Waals surface area contributed by atoms with Crippen molar-refractivity contribution >= 4 is 5.78 Å². The minimum Gasteiger partial charge on any atom is -0.299 e. The van der Waals surface area contributed by atoms with Crippen molar-refractivity contribution in [2.75, 3.05) is 0 Å². The number of hydrogen-bond donors (Lipinski definition) is 0. The number of carbonyl (C=O) groups is 1. The highest BCUT2D eigenvalue weighted by Crippen LogP contribution is 2.45. The minimum atomic E-state index is 0.241. The summed E-state index contributed by atoms with van der Waals surface area (Å²) in [5.41, 5.74) is 2.77. The third-order valence-electron chi connectivity index (χ3n) is 3.40. The predicted molar refractivity (Wildman–Crippen MR) is 53.3 cm³/mol. The second-order valence-electron chi connectivity index (χ2n) is 4.46. The first-order chi connectivity index (χ1) is 6.11. The molecule has 2 aliphatic carbocycles. The summed E-state index contributed by atoms with van der Waals surface area (Å²) in [6, 6.07) is 0. The molecule has 70 valence electrons. The van der Waals surface area contributed by atoms with Gasteiger partial charge in [-0.1, -0.05) is 24.6 Å². The maximum absolute atomic E-state index is 11.5. The molecule has 0 amide bonds. The third-order valence-corrected chi connectivity index (χ3v) is 3.40. The zero-order valence-corrected chi connectivity index (χ0v) is 8.50. The molecule has 0 aromatic rings. The van der Waals surface area contributed by atoms with E-state index in [1.54, 1.807) is 0 Å². The Morgan fingerprint density at radius 2 is 2.15 bits per heavy atom. The SMILES string of the molecule is CC(C)=C1C=CC2CC(=O)C(C)C12. The quantitative estimate of drug-likeness (QED) is 0.554. The molecular formula is C12H16O. The fraction of sp³-hybridized carbons (Fsp3) is 0.583. The van der Waals surface area contributed by atoms with Crippen molar-refractivity contribution in [3.05, 3.63) is 23.3 Å². The van der Waals surface area contributed by atoms with E-state index in [0.29, 0.717) is 17.6 Å². The van der Waals surface area contributed by atoms with Crippen LogP contribution in [-0.2, 0) is 4.79 Å². The van der Waals surface area contributed by atoms with Crippen LogP contribution < -0.4 is 0 Å². The van der Waals surface area contributed by atoms with Crippen molar-refractivity contribution in [1.29, 1.82) is 0 Å². The van der Waals surface area contributed by atoms with Gasteiger partial charge in [-0.3, -0.25) is 4.79 Å². The van der Waals surface area contributed by atoms with Crippen LogP contribution in [0, 0.1) is 17.8 Å². The third kappa shape index (κ3) is 1.18. The molecule has 13 heavy (non-hydrogen) atoms. The average molecular weight is 176 g/mol. The number of ketones is 1. The van der Waals surface area contributed by atoms with Crippen molar-refractivity contribution in [3.63, 3.8) is 0 Å². The molecule has 2 rings (SSSR count). The highest BCUT2D eigenvalue weighted by Gasteiger charge is 2.42. The topological polar surface area (TPSA) is 17.1 Å². The number of hydrogen-bond acceptors (Lipinski definition) is 1. The first-order valence-corrected chi connectivity index (χ1v) is 4.99. The molecule has 1 heteroatoms. The van der Waals surface area contributed by atoms with Crippen LogP contribution in [-0.4, -0.2) is 5.78 Å². The molecule has 3 atom stereocenters. The van der Waals surface area contributed by atoms with Gasteiger partial charge in [-0.2, -0.15) is 0 Å². The van der Waals surface area contributed by atoms with E-state index in [4.69, 9.17) is 0 Å². The molecule has 0 N–H and O–H groups in total. The van der Waals surface area contributed by atoms with Gasteiger partial charge < -0.3 is 0 Å². The Hall–Kier alpha value is -0.850. The van der Waals surface area contributed by atoms with Crippen LogP contribution in [0.2, 0.25) is 0 Å². The summed E-state index contributed by atoms with van der Waals surface area (Å²) >= 11 is 0. The molecule has 1 fully saturated rings. The Morgan fingerprint density at radius 1 is 1.46 bits per heavy atom. The Morgan fingerprint density at radius 3 is 2.77 bits per heavy atom. The van der Waals surface area contributed by atoms with Gasteiger partial charge in [-0.15, -0.1) is 0 Å². The smallest absolute Gasteiger partial charge is 0.136 e. The molecule has 0 spiro atoms. The monoisotopic (exact) mass is 176 g/mol. The van der Waals surface area contributed by atoms with Crippen LogP contribution in [0.15, 0.2) is 23.3 Å². The predicted octanol–water partition coefficient (Wildman–Crippen LogP) is 2.73. The van der Waals surface area contributed by atoms with Crippen LogP contribution >= 0.6 is 0 Å². The number of carbonyl (C=O) groups excluding carboxylic acids is 1. The second-order valence-corrected chi connectivity index (χ2v) is 4.46. The normalized spacial score (nSPS) is 37.0. The molecule has 0 radical (unpaired) electrons. The number of rotatable bonds is 0. The Bertz CT molecular complexity index is 305. The molecule has 0 saturated heterocycles. The number of fused-ring (bicyclic) bond motifs is 1. The summed E-state index contributed by atoms with van der Waals surface area (Å²) in [7, 11) is 0. The molecule has 0 aromatic carbocycles. The van der Waals surface area contributed by atoms with Crippen molar-refractivity contribution in [3.8, 4) is 0 Å². The van der Waals surface area contributed by atoms with E-state index in [1.165, 1.54) is 11.1 Å². The van der Waals surface area contributed by atoms with Crippen molar-refractivity contribution in [2.24, 2.45) is 17.8 Å². The van der Waals surface area contributed by atoms with Gasteiger partial charge >= 0.3 is 0 Å². The zero-order chi connectivity index (χ0) is 9.59. The minimum absolute atomic E-state index is 0.241. The van der Waals surface area contributed by atoms with Gasteiger partial charge in [-0.25, -0.2) is 0 Å². The number of allylic oxidation sites excluding steroid dienone is 4. The molecule has 3 unspecified atom stereocenters. The molecule has 2 aliphatic rings. The fourth-order valence-electron chi connectivity index (χ4n) is 2.64. The van der Waals surface area contributed by atoms with E-state index >= 15 is 0 Å². The van der Waals surface area contributed by atoms with Gasteiger partial charge in [0.05, 0.1) is 0 Å². The molecule has 0 bridgehead atoms. The lowest BCUT2D eigenvalue weighted by Crippen LogP contribution is -2.13. The second kappa shape index (κ2) is 2.83. The molecule has 0 aromatic heterocycles. The van der Waals surface area contributed by atoms with Crippen LogP contribution in [0.3, 0.4) is 0 Å². The zero-order valence-electron chi connectivity index (χ0n) is 8.50. The lowest BCUT2D eigenvalue weighted by Gasteiger charge is -2.16. The van der Waals surface area contributed by atoms with Crippen LogP contribution in [0.1, 0.15) is 27.2 Å². The molecule has 1 nitrogen and oxygen atoms in total. The van der Waals surface area contributed by atoms with Crippen molar-refractivity contribution in [2.45, 2.75) is 27.2 Å². The van der Waals surface area contributed by atoms with Gasteiger partial charge in [-0.05, 0) is 31.3 Å². The molecular weight excluding hydrogens is 160 g/mol. The van der Waals surface area contributed by atoms with Crippen LogP contribution in [0.25, 0.3) is 0 Å². The van der Waals surface area contributed by atoms with Gasteiger partial charge in [0.25, 0.3) is 0 Å². The standard InChI is InChI=1S/C12H16O/c1-7(2)10-5-4-9-6-11(13)8(3)12(9)10/h4-5,8-9,12H,6H2,1-3H3. The summed E-state index contributed by atoms with van der Waals surface area (Å²) in [5, 5.41) is 0. The molecule has 0 heterocycles. The Balaban J connectivity index is 2.37. The van der Waals surface area contributed by atoms with Gasteiger partial charge in [0.1, 0.15) is 5.78 Å². The van der Waals surface area contributed by atoms with Gasteiger partial charge in [0, 0.05) is 12.3 Å². The summed E-state index contributed by atoms with van der Waals surface area (Å²) < 4.78 is 0. The summed E-state index contributed by atoms with van der Waals surface area (Å²) in [5.74, 6) is 1.69. The largest absolute Gasteiger partial charge is 0.299 e. The van der Waals surface area contributed by atoms with E-state index in [2.05, 4.69) is 32.9 Å². The van der Waals surface area contributed by atoms with Crippen LogP contribution in [0.4, 0.5) is 0 Å². The van der Waals surface area contributed by atoms with Crippen LogP contribution in [0.5, 0.6) is 0 Å². The lowest BCUT2D eigenvalue weighted by molar-refractivity contribution is -0.120. The van der Waals surface area contributed by atoms with E-state index in [1.807, 2.05) is 0 Å². The van der Waals surface area contributed by atoms with E-state index < -0.39 is 0 Å². The summed E-state index contributed by atoms with van der Waals surface area (Å²) in [6.07, 6.45) is 5.20. The highest BCUT2D eigenvalue weighted by atomic mass is 16.1. The highest BCUT2D eigenvalue weighted by molar-refractivity contribution is 5.85. The van der Waals surface area contributed by atoms with Gasteiger partial charge in [0.15, 0.2) is 0 Å². The first-order valence-electron chi connectivity index (χ1n) is 4.99. The first kappa shape index (κ1) is 8.74. The Kier molecular flexibility index (Phi) is 1.90. The molecule has 1 saturated carbocycles. The Labute approximate surface area is 79.5 Å². The fourth-order valence-corrected chi connectivity index (χ4v) is 2.64. The maximum Gasteiger partial charge on any atom is 0.136 e. The van der Waals surface area contributed by atoms with Crippen molar-refractivity contribution < 1.29 is 4.79 Å². The lowest BCUT2D eigenvalue weighted by atomic mass is 9.87. The van der Waals surface area contributed by atoms with Gasteiger partial charge in [0.2, 0.25) is 0 Å². The van der Waals surface area contributed by atoms with E-state index in [9.17, 15) is 4.79 Å². The van der Waals surface area contributed by atoms with Crippen molar-refractivity contribution in [1.82, 2.24) is 0 Å². The molecule has 0 aliphatic heterocycles. The summed E-state index contributed by atoms with van der Waals surface area (Å²) in [4.78, 5) is 11.5. The van der Waals surface area contributed by atoms with E-state index in [-0.39, 0.29) is 5.92 Å². The summed E-state index contributed by atoms with van der Waals surface area (Å²) in [6.45, 7) is 6.35.